The van der Waals surface area contributed by atoms with Crippen molar-refractivity contribution < 1.29 is 22.4 Å². The number of ketones is 1. The molecule has 0 radical (unpaired) electrons. The lowest BCUT2D eigenvalue weighted by atomic mass is 10.0. The van der Waals surface area contributed by atoms with Crippen LogP contribution in [0, 0.1) is 11.7 Å². The first-order chi connectivity index (χ1) is 8.38. The molecule has 18 heavy (non-hydrogen) atoms. The minimum atomic E-state index is -4.56. The molecule has 1 aromatic rings. The Kier molecular flexibility index (Phi) is 3.41. The Hall–Kier alpha value is -1.39. The number of rotatable bonds is 4. The fourth-order valence-corrected chi connectivity index (χ4v) is 1.79. The van der Waals surface area contributed by atoms with Gasteiger partial charge in [0.2, 0.25) is 0 Å². The molecule has 0 aromatic heterocycles. The third-order valence-corrected chi connectivity index (χ3v) is 3.07. The number of benzene rings is 1. The molecule has 1 nitrogen and oxygen atoms in total. The zero-order chi connectivity index (χ0) is 13.3. The fourth-order valence-electron chi connectivity index (χ4n) is 1.79. The van der Waals surface area contributed by atoms with Gasteiger partial charge in [-0.25, -0.2) is 4.39 Å². The van der Waals surface area contributed by atoms with E-state index in [4.69, 9.17) is 0 Å². The largest absolute Gasteiger partial charge is 0.416 e. The van der Waals surface area contributed by atoms with E-state index in [2.05, 4.69) is 0 Å². The van der Waals surface area contributed by atoms with Gasteiger partial charge in [-0.05, 0) is 30.5 Å². The summed E-state index contributed by atoms with van der Waals surface area (Å²) in [5.74, 6) is -0.947. The van der Waals surface area contributed by atoms with E-state index < -0.39 is 28.9 Å². The van der Waals surface area contributed by atoms with Crippen molar-refractivity contribution in [3.8, 4) is 0 Å². The summed E-state index contributed by atoms with van der Waals surface area (Å²) in [5.41, 5.74) is -1.44. The zero-order valence-corrected chi connectivity index (χ0v) is 9.56. The lowest BCUT2D eigenvalue weighted by Gasteiger charge is -2.09. The molecular weight excluding hydrogens is 248 g/mol. The highest BCUT2D eigenvalue weighted by atomic mass is 19.4. The molecule has 5 heteroatoms. The number of Topliss-reactive ketones (excluding diaryl/α,β-unsaturated/α-hetero) is 1. The molecule has 0 saturated heterocycles. The lowest BCUT2D eigenvalue weighted by Crippen LogP contribution is -2.09. The molecule has 0 heterocycles. The van der Waals surface area contributed by atoms with Crippen molar-refractivity contribution in [1.29, 1.82) is 0 Å². The smallest absolute Gasteiger partial charge is 0.294 e. The molecule has 1 saturated carbocycles. The first kappa shape index (κ1) is 13.1. The maximum atomic E-state index is 13.4. The van der Waals surface area contributed by atoms with Crippen molar-refractivity contribution in [3.05, 3.63) is 35.1 Å². The van der Waals surface area contributed by atoms with Crippen LogP contribution in [-0.4, -0.2) is 5.78 Å². The van der Waals surface area contributed by atoms with Crippen molar-refractivity contribution in [3.63, 3.8) is 0 Å². The molecule has 1 aromatic carbocycles. The Labute approximate surface area is 102 Å². The summed E-state index contributed by atoms with van der Waals surface area (Å²) >= 11 is 0. The van der Waals surface area contributed by atoms with Gasteiger partial charge in [-0.1, -0.05) is 12.8 Å². The standard InChI is InChI=1S/C13H12F4O/c14-11-5-4-9(13(15,16)17)7-10(11)12(18)6-3-8-1-2-8/h4-5,7-8H,1-3,6H2. The molecule has 0 amide bonds. The molecular formula is C13H12F4O. The van der Waals surface area contributed by atoms with E-state index in [-0.39, 0.29) is 6.42 Å². The van der Waals surface area contributed by atoms with Crippen LogP contribution in [0.3, 0.4) is 0 Å². The molecule has 2 rings (SSSR count). The summed E-state index contributed by atoms with van der Waals surface area (Å²) in [7, 11) is 0. The van der Waals surface area contributed by atoms with Gasteiger partial charge in [-0.2, -0.15) is 13.2 Å². The van der Waals surface area contributed by atoms with Crippen LogP contribution in [-0.2, 0) is 6.18 Å². The van der Waals surface area contributed by atoms with Crippen molar-refractivity contribution in [2.75, 3.05) is 0 Å². The van der Waals surface area contributed by atoms with Crippen molar-refractivity contribution in [1.82, 2.24) is 0 Å². The van der Waals surface area contributed by atoms with Crippen LogP contribution in [0.4, 0.5) is 17.6 Å². The lowest BCUT2D eigenvalue weighted by molar-refractivity contribution is -0.137. The molecule has 0 aliphatic heterocycles. The van der Waals surface area contributed by atoms with Gasteiger partial charge in [0.15, 0.2) is 5.78 Å². The monoisotopic (exact) mass is 260 g/mol. The van der Waals surface area contributed by atoms with E-state index in [1.165, 1.54) is 0 Å². The Morgan fingerprint density at radius 3 is 2.50 bits per heavy atom. The molecule has 1 aliphatic carbocycles. The van der Waals surface area contributed by atoms with E-state index in [0.717, 1.165) is 12.8 Å². The van der Waals surface area contributed by atoms with Crippen molar-refractivity contribution in [2.24, 2.45) is 5.92 Å². The second-order valence-corrected chi connectivity index (χ2v) is 4.60. The second kappa shape index (κ2) is 4.71. The SMILES string of the molecule is O=C(CCC1CC1)c1cc(C(F)(F)F)ccc1F. The van der Waals surface area contributed by atoms with Gasteiger partial charge >= 0.3 is 6.18 Å². The van der Waals surface area contributed by atoms with E-state index in [1.54, 1.807) is 0 Å². The molecule has 0 N–H and O–H groups in total. The van der Waals surface area contributed by atoms with E-state index >= 15 is 0 Å². The van der Waals surface area contributed by atoms with Crippen LogP contribution in [0.2, 0.25) is 0 Å². The summed E-state index contributed by atoms with van der Waals surface area (Å²) < 4.78 is 50.7. The summed E-state index contributed by atoms with van der Waals surface area (Å²) in [6, 6.07) is 1.95. The number of carbonyl (C=O) groups excluding carboxylic acids is 1. The van der Waals surface area contributed by atoms with Gasteiger partial charge in [-0.15, -0.1) is 0 Å². The maximum Gasteiger partial charge on any atom is 0.416 e. The highest BCUT2D eigenvalue weighted by molar-refractivity contribution is 5.96. The highest BCUT2D eigenvalue weighted by Crippen LogP contribution is 2.34. The number of hydrogen-bond donors (Lipinski definition) is 0. The Bertz CT molecular complexity index is 461. The minimum absolute atomic E-state index is 0.114. The van der Waals surface area contributed by atoms with Gasteiger partial charge in [0.05, 0.1) is 11.1 Å². The van der Waals surface area contributed by atoms with Crippen LogP contribution in [0.1, 0.15) is 41.6 Å². The number of alkyl halides is 3. The van der Waals surface area contributed by atoms with Crippen LogP contribution in [0.25, 0.3) is 0 Å². The predicted molar refractivity (Wildman–Crippen MR) is 57.7 cm³/mol. The van der Waals surface area contributed by atoms with Gasteiger partial charge < -0.3 is 0 Å². The maximum absolute atomic E-state index is 13.4. The topological polar surface area (TPSA) is 17.1 Å². The van der Waals surface area contributed by atoms with E-state index in [1.807, 2.05) is 0 Å². The summed E-state index contributed by atoms with van der Waals surface area (Å²) in [4.78, 5) is 11.7. The minimum Gasteiger partial charge on any atom is -0.294 e. The van der Waals surface area contributed by atoms with Gasteiger partial charge in [0.25, 0.3) is 0 Å². The Balaban J connectivity index is 2.16. The highest BCUT2D eigenvalue weighted by Gasteiger charge is 2.32. The average Bonchev–Trinajstić information content (AvgIpc) is 3.08. The first-order valence-electron chi connectivity index (χ1n) is 5.78. The molecule has 1 fully saturated rings. The van der Waals surface area contributed by atoms with Crippen LogP contribution < -0.4 is 0 Å². The summed E-state index contributed by atoms with van der Waals surface area (Å²) in [5, 5.41) is 0. The number of carbonyl (C=O) groups is 1. The summed E-state index contributed by atoms with van der Waals surface area (Å²) in [6.45, 7) is 0. The van der Waals surface area contributed by atoms with Crippen LogP contribution >= 0.6 is 0 Å². The first-order valence-corrected chi connectivity index (χ1v) is 5.78. The van der Waals surface area contributed by atoms with Crippen molar-refractivity contribution in [2.45, 2.75) is 31.9 Å². The van der Waals surface area contributed by atoms with E-state index in [0.29, 0.717) is 30.5 Å². The van der Waals surface area contributed by atoms with E-state index in [9.17, 15) is 22.4 Å². The Morgan fingerprint density at radius 1 is 1.28 bits per heavy atom. The molecule has 0 bridgehead atoms. The summed E-state index contributed by atoms with van der Waals surface area (Å²) in [6.07, 6.45) is -1.70. The molecule has 0 unspecified atom stereocenters. The molecule has 0 spiro atoms. The van der Waals surface area contributed by atoms with Gasteiger partial charge in [0.1, 0.15) is 5.82 Å². The average molecular weight is 260 g/mol. The second-order valence-electron chi connectivity index (χ2n) is 4.60. The fraction of sp³-hybridized carbons (Fsp3) is 0.462. The predicted octanol–water partition coefficient (Wildman–Crippen LogP) is 4.22. The van der Waals surface area contributed by atoms with Crippen molar-refractivity contribution >= 4 is 5.78 Å². The zero-order valence-electron chi connectivity index (χ0n) is 9.56. The quantitative estimate of drug-likeness (QED) is 0.585. The van der Waals surface area contributed by atoms with Gasteiger partial charge in [0, 0.05) is 6.42 Å². The third-order valence-electron chi connectivity index (χ3n) is 3.07. The molecule has 1 aliphatic rings. The number of hydrogen-bond acceptors (Lipinski definition) is 1. The third kappa shape index (κ3) is 3.09. The number of halogens is 4. The normalized spacial score (nSPS) is 15.8. The Morgan fingerprint density at radius 2 is 1.94 bits per heavy atom. The van der Waals surface area contributed by atoms with Crippen LogP contribution in [0.5, 0.6) is 0 Å². The van der Waals surface area contributed by atoms with Crippen LogP contribution in [0.15, 0.2) is 18.2 Å². The van der Waals surface area contributed by atoms with Gasteiger partial charge in [-0.3, -0.25) is 4.79 Å². The molecule has 98 valence electrons. The molecule has 0 atom stereocenters.